The third-order valence-electron chi connectivity index (χ3n) is 2.77. The molecule has 0 bridgehead atoms. The van der Waals surface area contributed by atoms with Gasteiger partial charge in [0.05, 0.1) is 0 Å². The Morgan fingerprint density at radius 3 is 2.73 bits per heavy atom. The van der Waals surface area contributed by atoms with E-state index >= 15 is 0 Å². The van der Waals surface area contributed by atoms with Gasteiger partial charge in [0.1, 0.15) is 6.04 Å². The van der Waals surface area contributed by atoms with Crippen molar-refractivity contribution in [3.8, 4) is 0 Å². The standard InChI is InChI=1S/C10H17NO3S/c1-7(6-15)9(12)11-5-3-2-4-8(11)10(13)14/h7-8,15H,2-6H2,1H3,(H,13,14). The van der Waals surface area contributed by atoms with Crippen molar-refractivity contribution in [2.45, 2.75) is 32.2 Å². The Labute approximate surface area is 95.1 Å². The number of carbonyl (C=O) groups excluding carboxylic acids is 1. The molecule has 15 heavy (non-hydrogen) atoms. The van der Waals surface area contributed by atoms with Crippen LogP contribution in [-0.4, -0.2) is 40.2 Å². The topological polar surface area (TPSA) is 57.6 Å². The molecule has 0 saturated carbocycles. The second-order valence-corrected chi connectivity index (χ2v) is 4.33. The number of aliphatic carboxylic acids is 1. The second kappa shape index (κ2) is 5.39. The first-order valence-electron chi connectivity index (χ1n) is 5.22. The molecular weight excluding hydrogens is 214 g/mol. The van der Waals surface area contributed by atoms with Gasteiger partial charge in [-0.2, -0.15) is 12.6 Å². The summed E-state index contributed by atoms with van der Waals surface area (Å²) in [5.74, 6) is -0.721. The monoisotopic (exact) mass is 231 g/mol. The van der Waals surface area contributed by atoms with Gasteiger partial charge in [-0.3, -0.25) is 4.79 Å². The minimum Gasteiger partial charge on any atom is -0.480 e. The predicted octanol–water partition coefficient (Wildman–Crippen LogP) is 1.02. The highest BCUT2D eigenvalue weighted by Crippen LogP contribution is 2.19. The smallest absolute Gasteiger partial charge is 0.326 e. The Bertz CT molecular complexity index is 257. The number of hydrogen-bond donors (Lipinski definition) is 2. The molecule has 2 atom stereocenters. The lowest BCUT2D eigenvalue weighted by Crippen LogP contribution is -2.50. The lowest BCUT2D eigenvalue weighted by molar-refractivity contribution is -0.153. The minimum atomic E-state index is -0.894. The first-order chi connectivity index (χ1) is 7.07. The van der Waals surface area contributed by atoms with Gasteiger partial charge in [0.2, 0.25) is 5.91 Å². The van der Waals surface area contributed by atoms with Crippen LogP contribution in [0.2, 0.25) is 0 Å². The average Bonchev–Trinajstić information content (AvgIpc) is 2.27. The van der Waals surface area contributed by atoms with Gasteiger partial charge in [-0.25, -0.2) is 4.79 Å². The van der Waals surface area contributed by atoms with Crippen LogP contribution >= 0.6 is 12.6 Å². The molecule has 0 radical (unpaired) electrons. The van der Waals surface area contributed by atoms with Crippen molar-refractivity contribution in [3.05, 3.63) is 0 Å². The molecule has 2 unspecified atom stereocenters. The maximum atomic E-state index is 11.9. The summed E-state index contributed by atoms with van der Waals surface area (Å²) in [6.45, 7) is 2.34. The van der Waals surface area contributed by atoms with E-state index in [4.69, 9.17) is 5.11 Å². The number of rotatable bonds is 3. The summed E-state index contributed by atoms with van der Waals surface area (Å²) in [5.41, 5.74) is 0. The molecule has 1 heterocycles. The largest absolute Gasteiger partial charge is 0.480 e. The summed E-state index contributed by atoms with van der Waals surface area (Å²) in [7, 11) is 0. The summed E-state index contributed by atoms with van der Waals surface area (Å²) in [5, 5.41) is 9.00. The van der Waals surface area contributed by atoms with Gasteiger partial charge < -0.3 is 10.0 Å². The molecule has 0 aromatic carbocycles. The van der Waals surface area contributed by atoms with E-state index < -0.39 is 12.0 Å². The number of carboxylic acids is 1. The summed E-state index contributed by atoms with van der Waals surface area (Å²) in [6, 6.07) is -0.631. The number of likely N-dealkylation sites (tertiary alicyclic amines) is 1. The van der Waals surface area contributed by atoms with Crippen molar-refractivity contribution < 1.29 is 14.7 Å². The SMILES string of the molecule is CC(CS)C(=O)N1CCCCC1C(=O)O. The Morgan fingerprint density at radius 2 is 2.20 bits per heavy atom. The summed E-state index contributed by atoms with van der Waals surface area (Å²) < 4.78 is 0. The van der Waals surface area contributed by atoms with Crippen molar-refractivity contribution in [1.29, 1.82) is 0 Å². The third kappa shape index (κ3) is 2.87. The molecular formula is C10H17NO3S. The summed E-state index contributed by atoms with van der Waals surface area (Å²) in [6.07, 6.45) is 2.35. The molecule has 1 aliphatic rings. The Kier molecular flexibility index (Phi) is 4.45. The fourth-order valence-corrected chi connectivity index (χ4v) is 1.97. The van der Waals surface area contributed by atoms with Crippen molar-refractivity contribution in [3.63, 3.8) is 0 Å². The number of thiol groups is 1. The van der Waals surface area contributed by atoms with Gasteiger partial charge >= 0.3 is 5.97 Å². The number of carbonyl (C=O) groups is 2. The van der Waals surface area contributed by atoms with Crippen molar-refractivity contribution in [1.82, 2.24) is 4.90 Å². The van der Waals surface area contributed by atoms with Crippen molar-refractivity contribution in [2.24, 2.45) is 5.92 Å². The molecule has 1 fully saturated rings. The summed E-state index contributed by atoms with van der Waals surface area (Å²) in [4.78, 5) is 24.3. The predicted molar refractivity (Wildman–Crippen MR) is 60.0 cm³/mol. The zero-order valence-corrected chi connectivity index (χ0v) is 9.74. The first-order valence-corrected chi connectivity index (χ1v) is 5.85. The molecule has 1 aliphatic heterocycles. The van der Waals surface area contributed by atoms with Crippen molar-refractivity contribution >= 4 is 24.5 Å². The number of hydrogen-bond acceptors (Lipinski definition) is 3. The van der Waals surface area contributed by atoms with E-state index in [0.717, 1.165) is 12.8 Å². The van der Waals surface area contributed by atoms with Crippen LogP contribution < -0.4 is 0 Å². The first kappa shape index (κ1) is 12.4. The number of carboxylic acid groups (broad SMARTS) is 1. The highest BCUT2D eigenvalue weighted by atomic mass is 32.1. The van der Waals surface area contributed by atoms with Crippen molar-refractivity contribution in [2.75, 3.05) is 12.3 Å². The Hall–Kier alpha value is -0.710. The zero-order valence-electron chi connectivity index (χ0n) is 8.85. The lowest BCUT2D eigenvalue weighted by atomic mass is 10.0. The molecule has 1 rings (SSSR count). The lowest BCUT2D eigenvalue weighted by Gasteiger charge is -2.34. The average molecular weight is 231 g/mol. The Morgan fingerprint density at radius 1 is 1.53 bits per heavy atom. The van der Waals surface area contributed by atoms with Crippen LogP contribution in [0.15, 0.2) is 0 Å². The highest BCUT2D eigenvalue weighted by Gasteiger charge is 2.33. The van der Waals surface area contributed by atoms with Gasteiger partial charge in [0.25, 0.3) is 0 Å². The van der Waals surface area contributed by atoms with E-state index in [9.17, 15) is 9.59 Å². The fourth-order valence-electron chi connectivity index (χ4n) is 1.81. The molecule has 1 saturated heterocycles. The van der Waals surface area contributed by atoms with Gasteiger partial charge in [0.15, 0.2) is 0 Å². The normalized spacial score (nSPS) is 23.6. The molecule has 86 valence electrons. The van der Waals surface area contributed by atoms with Gasteiger partial charge in [-0.15, -0.1) is 0 Å². The quantitative estimate of drug-likeness (QED) is 0.713. The van der Waals surface area contributed by atoms with E-state index in [-0.39, 0.29) is 11.8 Å². The van der Waals surface area contributed by atoms with Crippen LogP contribution in [0.4, 0.5) is 0 Å². The zero-order chi connectivity index (χ0) is 11.4. The number of nitrogens with zero attached hydrogens (tertiary/aromatic N) is 1. The Balaban J connectivity index is 2.71. The maximum Gasteiger partial charge on any atom is 0.326 e. The number of amides is 1. The van der Waals surface area contributed by atoms with Gasteiger partial charge in [0, 0.05) is 18.2 Å². The fraction of sp³-hybridized carbons (Fsp3) is 0.800. The van der Waals surface area contributed by atoms with E-state index in [1.54, 1.807) is 6.92 Å². The van der Waals surface area contributed by atoms with E-state index in [1.165, 1.54) is 4.90 Å². The minimum absolute atomic E-state index is 0.0860. The molecule has 4 nitrogen and oxygen atoms in total. The van der Waals surface area contributed by atoms with Crippen LogP contribution in [0.25, 0.3) is 0 Å². The molecule has 0 aliphatic carbocycles. The van der Waals surface area contributed by atoms with E-state index in [0.29, 0.717) is 18.7 Å². The number of piperidine rings is 1. The van der Waals surface area contributed by atoms with Crippen LogP contribution in [-0.2, 0) is 9.59 Å². The van der Waals surface area contributed by atoms with Crippen LogP contribution in [0.1, 0.15) is 26.2 Å². The summed E-state index contributed by atoms with van der Waals surface area (Å²) >= 11 is 4.06. The third-order valence-corrected chi connectivity index (χ3v) is 3.31. The maximum absolute atomic E-state index is 11.9. The molecule has 0 aromatic rings. The molecule has 1 N–H and O–H groups in total. The van der Waals surface area contributed by atoms with Gasteiger partial charge in [-0.1, -0.05) is 6.92 Å². The molecule has 5 heteroatoms. The highest BCUT2D eigenvalue weighted by molar-refractivity contribution is 7.80. The molecule has 0 aromatic heterocycles. The van der Waals surface area contributed by atoms with Gasteiger partial charge in [-0.05, 0) is 19.3 Å². The van der Waals surface area contributed by atoms with E-state index in [2.05, 4.69) is 12.6 Å². The van der Waals surface area contributed by atoms with Crippen LogP contribution in [0.3, 0.4) is 0 Å². The van der Waals surface area contributed by atoms with E-state index in [1.807, 2.05) is 0 Å². The van der Waals surface area contributed by atoms with Crippen LogP contribution in [0, 0.1) is 5.92 Å². The second-order valence-electron chi connectivity index (χ2n) is 3.97. The molecule has 1 amide bonds. The molecule has 0 spiro atoms. The van der Waals surface area contributed by atoms with Crippen LogP contribution in [0.5, 0.6) is 0 Å².